The van der Waals surface area contributed by atoms with Crippen molar-refractivity contribution in [3.8, 4) is 34.4 Å². The van der Waals surface area contributed by atoms with Gasteiger partial charge in [0.15, 0.2) is 11.0 Å². The Hall–Kier alpha value is -6.95. The lowest BCUT2D eigenvalue weighted by Crippen LogP contribution is -2.31. The number of pyridine rings is 2. The van der Waals surface area contributed by atoms with Gasteiger partial charge in [-0.2, -0.15) is 13.2 Å². The van der Waals surface area contributed by atoms with Crippen LogP contribution in [-0.2, 0) is 25.8 Å². The number of alkyl halides is 3. The third-order valence-electron chi connectivity index (χ3n) is 11.1. The summed E-state index contributed by atoms with van der Waals surface area (Å²) in [6, 6.07) is 23.1. The van der Waals surface area contributed by atoms with Crippen molar-refractivity contribution >= 4 is 40.1 Å². The van der Waals surface area contributed by atoms with E-state index in [1.165, 1.54) is 31.1 Å². The number of benzene rings is 3. The molecule has 3 aromatic carbocycles. The van der Waals surface area contributed by atoms with Gasteiger partial charge in [-0.25, -0.2) is 34.3 Å². The molecular weight excluding hydrogens is 863 g/mol. The van der Waals surface area contributed by atoms with E-state index in [0.717, 1.165) is 28.0 Å². The first-order chi connectivity index (χ1) is 31.4. The highest BCUT2D eigenvalue weighted by Gasteiger charge is 2.40. The second-order valence-corrected chi connectivity index (χ2v) is 15.9. The van der Waals surface area contributed by atoms with Gasteiger partial charge >= 0.3 is 6.18 Å². The molecule has 0 spiro atoms. The molecular formula is C47H45F4N9O4S. The molecule has 1 atom stereocenters. The first kappa shape index (κ1) is 44.6. The maximum atomic E-state index is 17.5. The molecule has 1 aliphatic rings. The highest BCUT2D eigenvalue weighted by Crippen LogP contribution is 2.46. The van der Waals surface area contributed by atoms with Crippen LogP contribution in [0.4, 0.5) is 35.0 Å². The van der Waals surface area contributed by atoms with Crippen molar-refractivity contribution in [3.63, 3.8) is 0 Å². The summed E-state index contributed by atoms with van der Waals surface area (Å²) in [7, 11) is 4.73. The van der Waals surface area contributed by atoms with Crippen LogP contribution in [0.15, 0.2) is 96.5 Å². The average Bonchev–Trinajstić information content (AvgIpc) is 3.50. The van der Waals surface area contributed by atoms with Crippen LogP contribution >= 0.6 is 11.8 Å². The highest BCUT2D eigenvalue weighted by molar-refractivity contribution is 7.98. The van der Waals surface area contributed by atoms with Crippen molar-refractivity contribution in [2.45, 2.75) is 50.9 Å². The number of ether oxygens (including phenoxy) is 4. The molecule has 336 valence electrons. The Morgan fingerprint density at radius 3 is 2.02 bits per heavy atom. The van der Waals surface area contributed by atoms with E-state index in [-0.39, 0.29) is 59.7 Å². The van der Waals surface area contributed by atoms with Crippen LogP contribution in [0.1, 0.15) is 46.5 Å². The maximum Gasteiger partial charge on any atom is 0.418 e. The maximum absolute atomic E-state index is 17.5. The summed E-state index contributed by atoms with van der Waals surface area (Å²) in [5.74, 6) is 1.90. The van der Waals surface area contributed by atoms with Crippen LogP contribution < -0.4 is 34.1 Å². The summed E-state index contributed by atoms with van der Waals surface area (Å²) in [6.07, 6.45) is -0.0560. The van der Waals surface area contributed by atoms with Gasteiger partial charge in [0.25, 0.3) is 0 Å². The second-order valence-electron chi connectivity index (χ2n) is 15.1. The number of rotatable bonds is 15. The minimum atomic E-state index is -4.94. The van der Waals surface area contributed by atoms with Gasteiger partial charge in [0.1, 0.15) is 64.2 Å². The van der Waals surface area contributed by atoms with Crippen LogP contribution in [0.25, 0.3) is 22.2 Å². The fraction of sp³-hybridized carbons (Fsp3) is 0.277. The number of hydrogen-bond donors (Lipinski definition) is 1. The van der Waals surface area contributed by atoms with Gasteiger partial charge in [-0.1, -0.05) is 48.2 Å². The number of hydrogen-bond acceptors (Lipinski definition) is 14. The molecule has 4 aromatic heterocycles. The summed E-state index contributed by atoms with van der Waals surface area (Å²) >= 11 is 1.17. The lowest BCUT2D eigenvalue weighted by atomic mass is 10.0. The predicted molar refractivity (Wildman–Crippen MR) is 242 cm³/mol. The molecule has 13 nitrogen and oxygen atoms in total. The second kappa shape index (κ2) is 19.0. The number of halogens is 4. The highest BCUT2D eigenvalue weighted by atomic mass is 32.2. The van der Waals surface area contributed by atoms with E-state index in [4.69, 9.17) is 23.9 Å². The van der Waals surface area contributed by atoms with Crippen LogP contribution in [0, 0.1) is 12.7 Å². The Morgan fingerprint density at radius 1 is 0.846 bits per heavy atom. The Morgan fingerprint density at radius 2 is 1.45 bits per heavy atom. The fourth-order valence-electron chi connectivity index (χ4n) is 7.78. The summed E-state index contributed by atoms with van der Waals surface area (Å²) in [5, 5.41) is 3.73. The summed E-state index contributed by atoms with van der Waals surface area (Å²) in [5.41, 5.74) is 0.555. The Bertz CT molecular complexity index is 2750. The van der Waals surface area contributed by atoms with Gasteiger partial charge < -0.3 is 34.1 Å². The summed E-state index contributed by atoms with van der Waals surface area (Å²) in [4.78, 5) is 31.1. The predicted octanol–water partition coefficient (Wildman–Crippen LogP) is 9.87. The molecule has 65 heavy (non-hydrogen) atoms. The Balaban J connectivity index is 1.23. The van der Waals surface area contributed by atoms with Gasteiger partial charge in [0.05, 0.1) is 45.2 Å². The molecule has 0 amide bonds. The fourth-order valence-corrected chi connectivity index (χ4v) is 8.14. The molecule has 5 heterocycles. The van der Waals surface area contributed by atoms with Gasteiger partial charge in [-0.15, -0.1) is 0 Å². The number of anilines is 3. The van der Waals surface area contributed by atoms with E-state index in [2.05, 4.69) is 30.2 Å². The van der Waals surface area contributed by atoms with Crippen molar-refractivity contribution in [1.82, 2.24) is 29.9 Å². The number of nitrogens with one attached hydrogen (secondary N) is 1. The molecule has 1 N–H and O–H groups in total. The lowest BCUT2D eigenvalue weighted by molar-refractivity contribution is -0.137. The molecule has 0 radical (unpaired) electrons. The minimum Gasteiger partial charge on any atom is -0.497 e. The first-order valence-corrected chi connectivity index (χ1v) is 21.7. The van der Waals surface area contributed by atoms with Crippen molar-refractivity contribution in [2.75, 3.05) is 55.9 Å². The van der Waals surface area contributed by atoms with Gasteiger partial charge in [-0.3, -0.25) is 0 Å². The molecule has 0 bridgehead atoms. The van der Waals surface area contributed by atoms with Gasteiger partial charge in [-0.05, 0) is 79.3 Å². The van der Waals surface area contributed by atoms with E-state index in [1.807, 2.05) is 65.3 Å². The average molecular weight is 908 g/mol. The van der Waals surface area contributed by atoms with Crippen LogP contribution in [0.3, 0.4) is 0 Å². The van der Waals surface area contributed by atoms with E-state index in [1.54, 1.807) is 58.0 Å². The zero-order valence-electron chi connectivity index (χ0n) is 36.4. The standard InChI is InChI=1S/C47H45F4N9O4S/c1-27-39(47(49,50)51)35(21-37(55-27)59(24-30-9-15-33(62-4)16-10-30)25-31-11-17-34(63-5)18-12-31)41-40(48)42-38-44(58-46(57-42)65-6)60(19-20-64-45(38)56-41)28(2)36-23-52-26-54-43(36)53-22-29-7-13-32(61-3)14-8-29/h7-18,21,23,26,28H,19-20,22,24-25H2,1-6H3,(H,52,53,54)/t28-/m1/s1. The third-order valence-corrected chi connectivity index (χ3v) is 11.7. The van der Waals surface area contributed by atoms with E-state index >= 15 is 17.6 Å². The van der Waals surface area contributed by atoms with Crippen LogP contribution in [0.5, 0.6) is 23.1 Å². The number of thioether (sulfide) groups is 1. The smallest absolute Gasteiger partial charge is 0.418 e. The third kappa shape index (κ3) is 9.48. The first-order valence-electron chi connectivity index (χ1n) is 20.5. The normalized spacial score (nSPS) is 12.9. The molecule has 0 aliphatic carbocycles. The summed E-state index contributed by atoms with van der Waals surface area (Å²) in [6.45, 7) is 4.42. The molecule has 0 unspecified atom stereocenters. The van der Waals surface area contributed by atoms with Crippen LogP contribution in [-0.4, -0.2) is 70.6 Å². The Labute approximate surface area is 377 Å². The lowest BCUT2D eigenvalue weighted by Gasteiger charge is -2.30. The molecule has 18 heteroatoms. The molecule has 0 fully saturated rings. The zero-order chi connectivity index (χ0) is 45.8. The van der Waals surface area contributed by atoms with Crippen LogP contribution in [0.2, 0.25) is 0 Å². The quantitative estimate of drug-likeness (QED) is 0.0595. The Kier molecular flexibility index (Phi) is 13.1. The molecule has 7 aromatic rings. The molecule has 1 aliphatic heterocycles. The number of methoxy groups -OCH3 is 3. The van der Waals surface area contributed by atoms with Crippen molar-refractivity contribution in [3.05, 3.63) is 131 Å². The SMILES string of the molecule is COc1ccc(CNc2ncncc2[C@@H](C)N2CCOc3nc(-c4cc(N(Cc5ccc(OC)cc5)Cc5ccc(OC)cc5)nc(C)c4C(F)(F)F)c(F)c4nc(SC)nc2c34)cc1. The van der Waals surface area contributed by atoms with E-state index in [9.17, 15) is 0 Å². The van der Waals surface area contributed by atoms with E-state index in [0.29, 0.717) is 29.7 Å². The van der Waals surface area contributed by atoms with Gasteiger partial charge in [0.2, 0.25) is 5.88 Å². The molecule has 0 saturated heterocycles. The molecule has 8 rings (SSSR count). The van der Waals surface area contributed by atoms with Crippen molar-refractivity contribution in [1.29, 1.82) is 0 Å². The molecule has 0 saturated carbocycles. The minimum absolute atomic E-state index is 0.0367. The topological polar surface area (TPSA) is 133 Å². The number of nitrogens with zero attached hydrogens (tertiary/aromatic N) is 8. The van der Waals surface area contributed by atoms with E-state index < -0.39 is 34.9 Å². The summed E-state index contributed by atoms with van der Waals surface area (Å²) < 4.78 is 85.5. The van der Waals surface area contributed by atoms with Gasteiger partial charge in [0, 0.05) is 37.0 Å². The zero-order valence-corrected chi connectivity index (χ0v) is 37.2. The largest absolute Gasteiger partial charge is 0.497 e. The monoisotopic (exact) mass is 907 g/mol. The number of aromatic nitrogens is 6. The number of aryl methyl sites for hydroxylation is 1. The van der Waals surface area contributed by atoms with Crippen molar-refractivity contribution in [2.24, 2.45) is 0 Å². The van der Waals surface area contributed by atoms with Crippen molar-refractivity contribution < 1.29 is 36.5 Å².